The van der Waals surface area contributed by atoms with E-state index in [4.69, 9.17) is 5.11 Å². The average Bonchev–Trinajstić information content (AvgIpc) is 2.56. The summed E-state index contributed by atoms with van der Waals surface area (Å²) in [6, 6.07) is 4.22. The van der Waals surface area contributed by atoms with Crippen molar-refractivity contribution >= 4 is 0 Å². The molecule has 0 unspecified atom stereocenters. The lowest BCUT2D eigenvalue weighted by atomic mass is 10.2. The lowest BCUT2D eigenvalue weighted by Gasteiger charge is -2.34. The number of β-amino-alcohol motifs (C(OH)–C–C–N with tert-alkyl or cyclic N) is 1. The standard InChI is InChI=1S/C13H21N3O.2C2H6/c1-12-2-3-13(14-10-12)11-16-6-4-15(5-7-16)8-9-17;2*1-2/h2-3,10,17H,4-9,11H2,1H3;2*1-2H3. The Bertz CT molecular complexity index is 332. The third kappa shape index (κ3) is 8.15. The van der Waals surface area contributed by atoms with Gasteiger partial charge >= 0.3 is 0 Å². The Labute approximate surface area is 130 Å². The van der Waals surface area contributed by atoms with Gasteiger partial charge in [0, 0.05) is 45.5 Å². The van der Waals surface area contributed by atoms with E-state index in [1.54, 1.807) is 0 Å². The van der Waals surface area contributed by atoms with Gasteiger partial charge in [-0.1, -0.05) is 33.8 Å². The Morgan fingerprint density at radius 2 is 1.57 bits per heavy atom. The van der Waals surface area contributed by atoms with Gasteiger partial charge in [0.15, 0.2) is 0 Å². The molecule has 21 heavy (non-hydrogen) atoms. The number of aliphatic hydroxyl groups excluding tert-OH is 1. The second-order valence-corrected chi connectivity index (χ2v) is 4.67. The highest BCUT2D eigenvalue weighted by Crippen LogP contribution is 2.07. The van der Waals surface area contributed by atoms with Gasteiger partial charge in [-0.3, -0.25) is 14.8 Å². The van der Waals surface area contributed by atoms with Crippen molar-refractivity contribution in [2.75, 3.05) is 39.3 Å². The van der Waals surface area contributed by atoms with Gasteiger partial charge in [0.1, 0.15) is 0 Å². The van der Waals surface area contributed by atoms with Crippen LogP contribution in [0.2, 0.25) is 0 Å². The van der Waals surface area contributed by atoms with E-state index in [0.717, 1.165) is 45.0 Å². The maximum Gasteiger partial charge on any atom is 0.0558 e. The molecule has 1 aliphatic rings. The Morgan fingerprint density at radius 1 is 1.00 bits per heavy atom. The van der Waals surface area contributed by atoms with E-state index >= 15 is 0 Å². The van der Waals surface area contributed by atoms with E-state index in [1.807, 2.05) is 33.9 Å². The largest absolute Gasteiger partial charge is 0.395 e. The predicted octanol–water partition coefficient (Wildman–Crippen LogP) is 2.55. The normalized spacial score (nSPS) is 15.5. The van der Waals surface area contributed by atoms with Crippen LogP contribution in [0.4, 0.5) is 0 Å². The number of rotatable bonds is 4. The number of nitrogens with zero attached hydrogens (tertiary/aromatic N) is 3. The van der Waals surface area contributed by atoms with Gasteiger partial charge in [0.2, 0.25) is 0 Å². The number of piperazine rings is 1. The number of aliphatic hydroxyl groups is 1. The minimum Gasteiger partial charge on any atom is -0.395 e. The molecule has 0 radical (unpaired) electrons. The minimum atomic E-state index is 0.263. The van der Waals surface area contributed by atoms with Crippen LogP contribution < -0.4 is 0 Å². The second kappa shape index (κ2) is 12.7. The monoisotopic (exact) mass is 295 g/mol. The molecule has 1 aliphatic heterocycles. The van der Waals surface area contributed by atoms with Gasteiger partial charge in [-0.2, -0.15) is 0 Å². The van der Waals surface area contributed by atoms with E-state index in [2.05, 4.69) is 33.8 Å². The summed E-state index contributed by atoms with van der Waals surface area (Å²) < 4.78 is 0. The molecule has 2 rings (SSSR count). The molecule has 1 aromatic heterocycles. The summed E-state index contributed by atoms with van der Waals surface area (Å²) in [5.74, 6) is 0. The van der Waals surface area contributed by atoms with Crippen molar-refractivity contribution < 1.29 is 5.11 Å². The molecular formula is C17H33N3O. The van der Waals surface area contributed by atoms with Crippen molar-refractivity contribution in [2.45, 2.75) is 41.2 Å². The van der Waals surface area contributed by atoms with Crippen LogP contribution >= 0.6 is 0 Å². The molecule has 0 saturated carbocycles. The van der Waals surface area contributed by atoms with Crippen molar-refractivity contribution in [3.05, 3.63) is 29.6 Å². The fourth-order valence-corrected chi connectivity index (χ4v) is 2.13. The quantitative estimate of drug-likeness (QED) is 0.926. The van der Waals surface area contributed by atoms with Gasteiger partial charge < -0.3 is 5.11 Å². The first-order valence-corrected chi connectivity index (χ1v) is 8.25. The van der Waals surface area contributed by atoms with Gasteiger partial charge in [-0.05, 0) is 18.6 Å². The van der Waals surface area contributed by atoms with Crippen molar-refractivity contribution in [2.24, 2.45) is 0 Å². The van der Waals surface area contributed by atoms with E-state index in [1.165, 1.54) is 5.56 Å². The zero-order valence-corrected chi connectivity index (χ0v) is 14.5. The molecule has 1 N–H and O–H groups in total. The third-order valence-electron chi connectivity index (χ3n) is 3.24. The number of aryl methyl sites for hydroxylation is 1. The second-order valence-electron chi connectivity index (χ2n) is 4.67. The topological polar surface area (TPSA) is 39.6 Å². The van der Waals surface area contributed by atoms with E-state index in [9.17, 15) is 0 Å². The maximum absolute atomic E-state index is 8.88. The molecule has 0 atom stereocenters. The van der Waals surface area contributed by atoms with Gasteiger partial charge in [0.25, 0.3) is 0 Å². The van der Waals surface area contributed by atoms with Crippen molar-refractivity contribution in [1.82, 2.24) is 14.8 Å². The Hall–Kier alpha value is -0.970. The predicted molar refractivity (Wildman–Crippen MR) is 90.5 cm³/mol. The molecule has 2 heterocycles. The Morgan fingerprint density at radius 3 is 2.05 bits per heavy atom. The molecule has 0 spiro atoms. The summed E-state index contributed by atoms with van der Waals surface area (Å²) in [6.07, 6.45) is 1.93. The number of pyridine rings is 1. The van der Waals surface area contributed by atoms with Gasteiger partial charge in [0.05, 0.1) is 12.3 Å². The van der Waals surface area contributed by atoms with Crippen molar-refractivity contribution in [3.63, 3.8) is 0 Å². The number of hydrogen-bond donors (Lipinski definition) is 1. The van der Waals surface area contributed by atoms with Crippen LogP contribution in [-0.4, -0.2) is 59.2 Å². The molecule has 0 amide bonds. The number of aromatic nitrogens is 1. The minimum absolute atomic E-state index is 0.263. The van der Waals surface area contributed by atoms with Crippen LogP contribution in [0.3, 0.4) is 0 Å². The molecule has 122 valence electrons. The molecule has 4 nitrogen and oxygen atoms in total. The smallest absolute Gasteiger partial charge is 0.0558 e. The van der Waals surface area contributed by atoms with Crippen LogP contribution in [0, 0.1) is 6.92 Å². The summed E-state index contributed by atoms with van der Waals surface area (Å²) in [4.78, 5) is 9.16. The van der Waals surface area contributed by atoms with Gasteiger partial charge in [-0.25, -0.2) is 0 Å². The van der Waals surface area contributed by atoms with E-state index in [0.29, 0.717) is 0 Å². The van der Waals surface area contributed by atoms with Crippen molar-refractivity contribution in [3.8, 4) is 0 Å². The van der Waals surface area contributed by atoms with Gasteiger partial charge in [-0.15, -0.1) is 0 Å². The molecule has 0 aliphatic carbocycles. The SMILES string of the molecule is CC.CC.Cc1ccc(CN2CCN(CCO)CC2)nc1. The number of hydrogen-bond acceptors (Lipinski definition) is 4. The highest BCUT2D eigenvalue weighted by molar-refractivity contribution is 5.12. The molecule has 1 saturated heterocycles. The van der Waals surface area contributed by atoms with Crippen LogP contribution in [0.5, 0.6) is 0 Å². The Kier molecular flexibility index (Phi) is 12.2. The van der Waals surface area contributed by atoms with Crippen LogP contribution in [0.15, 0.2) is 18.3 Å². The third-order valence-corrected chi connectivity index (χ3v) is 3.24. The lowest BCUT2D eigenvalue weighted by molar-refractivity contribution is 0.107. The molecule has 4 heteroatoms. The van der Waals surface area contributed by atoms with Crippen LogP contribution in [0.25, 0.3) is 0 Å². The zero-order valence-electron chi connectivity index (χ0n) is 14.5. The fourth-order valence-electron chi connectivity index (χ4n) is 2.13. The maximum atomic E-state index is 8.88. The molecule has 1 aromatic rings. The van der Waals surface area contributed by atoms with Crippen molar-refractivity contribution in [1.29, 1.82) is 0 Å². The highest BCUT2D eigenvalue weighted by atomic mass is 16.3. The Balaban J connectivity index is 0.000000921. The zero-order chi connectivity index (χ0) is 16.1. The summed E-state index contributed by atoms with van der Waals surface area (Å²) in [6.45, 7) is 16.3. The van der Waals surface area contributed by atoms with E-state index < -0.39 is 0 Å². The summed E-state index contributed by atoms with van der Waals surface area (Å²) in [7, 11) is 0. The molecule has 0 bridgehead atoms. The molecular weight excluding hydrogens is 262 g/mol. The fraction of sp³-hybridized carbons (Fsp3) is 0.706. The van der Waals surface area contributed by atoms with E-state index in [-0.39, 0.29) is 6.61 Å². The average molecular weight is 295 g/mol. The summed E-state index contributed by atoms with van der Waals surface area (Å²) >= 11 is 0. The lowest BCUT2D eigenvalue weighted by Crippen LogP contribution is -2.46. The first-order valence-electron chi connectivity index (χ1n) is 8.25. The van der Waals surface area contributed by atoms with Crippen LogP contribution in [-0.2, 0) is 6.54 Å². The first kappa shape index (κ1) is 20.0. The molecule has 1 fully saturated rings. The highest BCUT2D eigenvalue weighted by Gasteiger charge is 2.16. The molecule has 0 aromatic carbocycles. The first-order chi connectivity index (χ1) is 10.3. The summed E-state index contributed by atoms with van der Waals surface area (Å²) in [5.41, 5.74) is 2.35. The van der Waals surface area contributed by atoms with Crippen LogP contribution in [0.1, 0.15) is 39.0 Å². The summed E-state index contributed by atoms with van der Waals surface area (Å²) in [5, 5.41) is 8.88.